The average Bonchev–Trinajstić information content (AvgIpc) is 1.89. The van der Waals surface area contributed by atoms with Gasteiger partial charge in [0.25, 0.3) is 0 Å². The Labute approximate surface area is 55.8 Å². The summed E-state index contributed by atoms with van der Waals surface area (Å²) in [5, 5.41) is 0. The second-order valence-corrected chi connectivity index (χ2v) is 4.34. The van der Waals surface area contributed by atoms with Crippen molar-refractivity contribution >= 4 is 7.14 Å². The summed E-state index contributed by atoms with van der Waals surface area (Å²) in [5.41, 5.74) is 0. The highest BCUT2D eigenvalue weighted by atomic mass is 31.2. The van der Waals surface area contributed by atoms with Crippen molar-refractivity contribution in [2.75, 3.05) is 6.16 Å². The standard InChI is InChI=1S/C7H9OP/c1-4-7-9(8,5-2)6-3/h1,5-6H,2-3,7H2. The zero-order valence-corrected chi connectivity index (χ0v) is 6.10. The summed E-state index contributed by atoms with van der Waals surface area (Å²) in [6.45, 7) is 6.78. The fourth-order valence-corrected chi connectivity index (χ4v) is 1.04. The summed E-state index contributed by atoms with van der Waals surface area (Å²) in [6, 6.07) is 0. The predicted octanol–water partition coefficient (Wildman–Crippen LogP) is 2.27. The van der Waals surface area contributed by atoms with Crippen molar-refractivity contribution in [3.05, 3.63) is 24.8 Å². The molecule has 0 atom stereocenters. The highest BCUT2D eigenvalue weighted by molar-refractivity contribution is 7.70. The Hall–Kier alpha value is -0.730. The monoisotopic (exact) mass is 140 g/mol. The second kappa shape index (κ2) is 3.33. The van der Waals surface area contributed by atoms with Crippen LogP contribution >= 0.6 is 7.14 Å². The van der Waals surface area contributed by atoms with Crippen molar-refractivity contribution in [3.8, 4) is 12.3 Å². The first-order valence-corrected chi connectivity index (χ1v) is 4.50. The summed E-state index contributed by atoms with van der Waals surface area (Å²) < 4.78 is 11.2. The first-order chi connectivity index (χ1) is 4.18. The van der Waals surface area contributed by atoms with Crippen molar-refractivity contribution in [2.45, 2.75) is 0 Å². The highest BCUT2D eigenvalue weighted by Gasteiger charge is 2.08. The van der Waals surface area contributed by atoms with Crippen molar-refractivity contribution in [2.24, 2.45) is 0 Å². The molecule has 0 radical (unpaired) electrons. The van der Waals surface area contributed by atoms with Gasteiger partial charge in [-0.2, -0.15) is 0 Å². The van der Waals surface area contributed by atoms with E-state index in [2.05, 4.69) is 19.1 Å². The summed E-state index contributed by atoms with van der Waals surface area (Å²) in [6.07, 6.45) is 5.18. The molecule has 0 aromatic heterocycles. The normalized spacial score (nSPS) is 9.67. The minimum absolute atomic E-state index is 0.236. The minimum atomic E-state index is -2.39. The van der Waals surface area contributed by atoms with Gasteiger partial charge in [0.15, 0.2) is 0 Å². The van der Waals surface area contributed by atoms with E-state index in [9.17, 15) is 4.57 Å². The average molecular weight is 140 g/mol. The molecule has 0 bridgehead atoms. The van der Waals surface area contributed by atoms with Gasteiger partial charge in [0.1, 0.15) is 7.14 Å². The van der Waals surface area contributed by atoms with Gasteiger partial charge in [-0.15, -0.1) is 6.42 Å². The number of hydrogen-bond donors (Lipinski definition) is 0. The zero-order chi connectivity index (χ0) is 7.33. The second-order valence-electron chi connectivity index (χ2n) is 1.58. The first kappa shape index (κ1) is 8.27. The lowest BCUT2D eigenvalue weighted by Crippen LogP contribution is -1.75. The fraction of sp³-hybridized carbons (Fsp3) is 0.143. The quantitative estimate of drug-likeness (QED) is 0.434. The number of terminal acetylenes is 1. The topological polar surface area (TPSA) is 17.1 Å². The molecular formula is C7H9OP. The predicted molar refractivity (Wildman–Crippen MR) is 41.7 cm³/mol. The molecule has 0 aliphatic carbocycles. The third-order valence-corrected chi connectivity index (χ3v) is 2.87. The third kappa shape index (κ3) is 2.35. The molecule has 0 spiro atoms. The van der Waals surface area contributed by atoms with Crippen molar-refractivity contribution in [1.29, 1.82) is 0 Å². The van der Waals surface area contributed by atoms with E-state index >= 15 is 0 Å². The molecule has 1 nitrogen and oxygen atoms in total. The van der Waals surface area contributed by atoms with Gasteiger partial charge in [0.2, 0.25) is 0 Å². The summed E-state index contributed by atoms with van der Waals surface area (Å²) in [7, 11) is -2.39. The Balaban J connectivity index is 4.33. The minimum Gasteiger partial charge on any atom is -0.314 e. The molecule has 0 aromatic carbocycles. The molecule has 0 saturated carbocycles. The Morgan fingerprint density at radius 3 is 2.11 bits per heavy atom. The molecule has 0 unspecified atom stereocenters. The van der Waals surface area contributed by atoms with E-state index in [-0.39, 0.29) is 6.16 Å². The Morgan fingerprint density at radius 1 is 1.56 bits per heavy atom. The van der Waals surface area contributed by atoms with Crippen LogP contribution in [0.4, 0.5) is 0 Å². The molecule has 0 rings (SSSR count). The number of rotatable bonds is 3. The molecule has 48 valence electrons. The van der Waals surface area contributed by atoms with Crippen molar-refractivity contribution < 1.29 is 4.57 Å². The third-order valence-electron chi connectivity index (χ3n) is 0.956. The van der Waals surface area contributed by atoms with Crippen molar-refractivity contribution in [1.82, 2.24) is 0 Å². The zero-order valence-electron chi connectivity index (χ0n) is 5.21. The SMILES string of the molecule is C#CCP(=O)(C=C)C=C. The molecule has 0 saturated heterocycles. The van der Waals surface area contributed by atoms with Crippen LogP contribution in [0.15, 0.2) is 24.8 Å². The molecule has 0 heterocycles. The maximum Gasteiger partial charge on any atom is 0.139 e. The molecule has 0 N–H and O–H groups in total. The summed E-state index contributed by atoms with van der Waals surface area (Å²) in [4.78, 5) is 0. The van der Waals surface area contributed by atoms with E-state index < -0.39 is 7.14 Å². The van der Waals surface area contributed by atoms with E-state index in [4.69, 9.17) is 6.42 Å². The largest absolute Gasteiger partial charge is 0.314 e. The Morgan fingerprint density at radius 2 is 2.00 bits per heavy atom. The maximum absolute atomic E-state index is 11.2. The van der Waals surface area contributed by atoms with Gasteiger partial charge in [-0.25, -0.2) is 0 Å². The molecule has 0 aromatic rings. The molecular weight excluding hydrogens is 131 g/mol. The van der Waals surface area contributed by atoms with Crippen LogP contribution < -0.4 is 0 Å². The van der Waals surface area contributed by atoms with E-state index in [0.29, 0.717) is 0 Å². The maximum atomic E-state index is 11.2. The van der Waals surface area contributed by atoms with Crippen LogP contribution in [0.25, 0.3) is 0 Å². The van der Waals surface area contributed by atoms with Crippen LogP contribution in [0, 0.1) is 12.3 Å². The van der Waals surface area contributed by atoms with Crippen molar-refractivity contribution in [3.63, 3.8) is 0 Å². The number of hydrogen-bond acceptors (Lipinski definition) is 1. The fourth-order valence-electron chi connectivity index (χ4n) is 0.346. The summed E-state index contributed by atoms with van der Waals surface area (Å²) in [5.74, 6) is 5.05. The Bertz CT molecular complexity index is 185. The van der Waals surface area contributed by atoms with E-state index in [1.165, 1.54) is 11.6 Å². The first-order valence-electron chi connectivity index (χ1n) is 2.47. The summed E-state index contributed by atoms with van der Waals surface area (Å²) >= 11 is 0. The van der Waals surface area contributed by atoms with Crippen LogP contribution in [0.2, 0.25) is 0 Å². The van der Waals surface area contributed by atoms with Crippen LogP contribution in [0.3, 0.4) is 0 Å². The van der Waals surface area contributed by atoms with Gasteiger partial charge in [-0.05, 0) is 11.6 Å². The molecule has 0 aliphatic heterocycles. The molecule has 0 aliphatic rings. The Kier molecular flexibility index (Phi) is 3.06. The highest BCUT2D eigenvalue weighted by Crippen LogP contribution is 2.46. The lowest BCUT2D eigenvalue weighted by molar-refractivity contribution is 0.588. The lowest BCUT2D eigenvalue weighted by Gasteiger charge is -2.00. The van der Waals surface area contributed by atoms with E-state index in [0.717, 1.165) is 0 Å². The van der Waals surface area contributed by atoms with Crippen LogP contribution in [0.1, 0.15) is 0 Å². The van der Waals surface area contributed by atoms with Crippen LogP contribution in [0.5, 0.6) is 0 Å². The molecule has 2 heteroatoms. The van der Waals surface area contributed by atoms with Gasteiger partial charge in [-0.3, -0.25) is 0 Å². The van der Waals surface area contributed by atoms with Gasteiger partial charge >= 0.3 is 0 Å². The van der Waals surface area contributed by atoms with Crippen LogP contribution in [-0.4, -0.2) is 6.16 Å². The van der Waals surface area contributed by atoms with Crippen LogP contribution in [-0.2, 0) is 4.57 Å². The molecule has 0 amide bonds. The molecule has 0 fully saturated rings. The van der Waals surface area contributed by atoms with Gasteiger partial charge in [0, 0.05) is 0 Å². The molecule has 9 heavy (non-hydrogen) atoms. The van der Waals surface area contributed by atoms with Gasteiger partial charge < -0.3 is 4.57 Å². The van der Waals surface area contributed by atoms with Gasteiger partial charge in [-0.1, -0.05) is 19.1 Å². The van der Waals surface area contributed by atoms with Gasteiger partial charge in [0.05, 0.1) is 6.16 Å². The lowest BCUT2D eigenvalue weighted by atomic mass is 10.8. The smallest absolute Gasteiger partial charge is 0.139 e. The van der Waals surface area contributed by atoms with E-state index in [1.54, 1.807) is 0 Å². The van der Waals surface area contributed by atoms with E-state index in [1.807, 2.05) is 0 Å².